The molecular formula is C15H20N2O3. The number of methoxy groups -OCH3 is 1. The van der Waals surface area contributed by atoms with E-state index in [0.29, 0.717) is 31.3 Å². The van der Waals surface area contributed by atoms with Gasteiger partial charge in [-0.3, -0.25) is 4.90 Å². The molecule has 0 aromatic heterocycles. The van der Waals surface area contributed by atoms with Crippen LogP contribution in [0.1, 0.15) is 18.5 Å². The van der Waals surface area contributed by atoms with Crippen LogP contribution in [0.3, 0.4) is 0 Å². The van der Waals surface area contributed by atoms with Crippen LogP contribution in [0.4, 0.5) is 0 Å². The molecule has 1 aromatic carbocycles. The number of hydrogen-bond donors (Lipinski definition) is 0. The lowest BCUT2D eigenvalue weighted by molar-refractivity contribution is 0.0266. The van der Waals surface area contributed by atoms with Gasteiger partial charge in [-0.2, -0.15) is 5.26 Å². The van der Waals surface area contributed by atoms with Crippen molar-refractivity contribution in [3.63, 3.8) is 0 Å². The van der Waals surface area contributed by atoms with Gasteiger partial charge in [0.15, 0.2) is 11.5 Å². The first-order chi connectivity index (χ1) is 9.80. The van der Waals surface area contributed by atoms with Crippen molar-refractivity contribution in [2.75, 3.05) is 40.0 Å². The highest BCUT2D eigenvalue weighted by molar-refractivity contribution is 5.44. The number of benzene rings is 1. The molecule has 1 aliphatic rings. The first-order valence-electron chi connectivity index (χ1n) is 6.82. The van der Waals surface area contributed by atoms with Crippen LogP contribution in [0.2, 0.25) is 0 Å². The monoisotopic (exact) mass is 276 g/mol. The van der Waals surface area contributed by atoms with Crippen molar-refractivity contribution in [2.24, 2.45) is 0 Å². The van der Waals surface area contributed by atoms with Gasteiger partial charge in [0, 0.05) is 13.1 Å². The molecule has 20 heavy (non-hydrogen) atoms. The molecule has 0 spiro atoms. The van der Waals surface area contributed by atoms with Gasteiger partial charge in [0.2, 0.25) is 0 Å². The third-order valence-electron chi connectivity index (χ3n) is 3.34. The average molecular weight is 276 g/mol. The summed E-state index contributed by atoms with van der Waals surface area (Å²) in [5.74, 6) is 1.37. The van der Waals surface area contributed by atoms with E-state index >= 15 is 0 Å². The minimum Gasteiger partial charge on any atom is -0.493 e. The molecule has 5 heteroatoms. The zero-order valence-electron chi connectivity index (χ0n) is 12.0. The summed E-state index contributed by atoms with van der Waals surface area (Å²) >= 11 is 0. The van der Waals surface area contributed by atoms with Gasteiger partial charge in [0.05, 0.1) is 33.0 Å². The highest BCUT2D eigenvalue weighted by atomic mass is 16.5. The Morgan fingerprint density at radius 1 is 1.35 bits per heavy atom. The van der Waals surface area contributed by atoms with Crippen LogP contribution in [0, 0.1) is 11.3 Å². The molecule has 1 aromatic rings. The maximum absolute atomic E-state index is 9.46. The SMILES string of the molecule is CCOc1ccc([C@@H](C#N)N2CCOCC2)cc1OC. The molecule has 1 aliphatic heterocycles. The summed E-state index contributed by atoms with van der Waals surface area (Å²) in [6.45, 7) is 5.40. The van der Waals surface area contributed by atoms with Gasteiger partial charge in [-0.25, -0.2) is 0 Å². The molecule has 0 aliphatic carbocycles. The maximum atomic E-state index is 9.46. The molecule has 1 atom stereocenters. The molecule has 0 saturated carbocycles. The van der Waals surface area contributed by atoms with Crippen molar-refractivity contribution in [2.45, 2.75) is 13.0 Å². The van der Waals surface area contributed by atoms with E-state index in [9.17, 15) is 5.26 Å². The molecule has 1 fully saturated rings. The molecule has 5 nitrogen and oxygen atoms in total. The van der Waals surface area contributed by atoms with Crippen LogP contribution < -0.4 is 9.47 Å². The third-order valence-corrected chi connectivity index (χ3v) is 3.34. The van der Waals surface area contributed by atoms with Gasteiger partial charge in [-0.1, -0.05) is 6.07 Å². The fourth-order valence-electron chi connectivity index (χ4n) is 2.33. The van der Waals surface area contributed by atoms with Crippen LogP contribution in [0.25, 0.3) is 0 Å². The van der Waals surface area contributed by atoms with E-state index in [4.69, 9.17) is 14.2 Å². The third kappa shape index (κ3) is 3.21. The quantitative estimate of drug-likeness (QED) is 0.823. The number of ether oxygens (including phenoxy) is 3. The Kier molecular flexibility index (Phi) is 5.22. The largest absolute Gasteiger partial charge is 0.493 e. The minimum absolute atomic E-state index is 0.275. The summed E-state index contributed by atoms with van der Waals surface area (Å²) in [6, 6.07) is 7.76. The molecule has 108 valence electrons. The van der Waals surface area contributed by atoms with Gasteiger partial charge in [-0.15, -0.1) is 0 Å². The van der Waals surface area contributed by atoms with Crippen LogP contribution in [0.15, 0.2) is 18.2 Å². The van der Waals surface area contributed by atoms with E-state index in [1.165, 1.54) is 0 Å². The normalized spacial score (nSPS) is 17.2. The van der Waals surface area contributed by atoms with Gasteiger partial charge in [-0.05, 0) is 24.6 Å². The van der Waals surface area contributed by atoms with Gasteiger partial charge in [0.1, 0.15) is 6.04 Å². The smallest absolute Gasteiger partial charge is 0.161 e. The first-order valence-corrected chi connectivity index (χ1v) is 6.82. The summed E-state index contributed by atoms with van der Waals surface area (Å²) in [5.41, 5.74) is 0.926. The highest BCUT2D eigenvalue weighted by Gasteiger charge is 2.23. The van der Waals surface area contributed by atoms with Gasteiger partial charge in [0.25, 0.3) is 0 Å². The molecule has 0 N–H and O–H groups in total. The molecule has 0 bridgehead atoms. The standard InChI is InChI=1S/C15H20N2O3/c1-3-20-14-5-4-12(10-15(14)18-2)13(11-16)17-6-8-19-9-7-17/h4-5,10,13H,3,6-9H2,1-2H3/t13-/m1/s1. The summed E-state index contributed by atoms with van der Waals surface area (Å²) in [5, 5.41) is 9.46. The second-order valence-corrected chi connectivity index (χ2v) is 4.52. The van der Waals surface area contributed by atoms with Crippen molar-refractivity contribution in [1.82, 2.24) is 4.90 Å². The molecule has 0 radical (unpaired) electrons. The molecule has 1 heterocycles. The Labute approximate surface area is 119 Å². The van der Waals surface area contributed by atoms with Crippen molar-refractivity contribution < 1.29 is 14.2 Å². The topological polar surface area (TPSA) is 54.7 Å². The number of nitrogens with zero attached hydrogens (tertiary/aromatic N) is 2. The average Bonchev–Trinajstić information content (AvgIpc) is 2.50. The fourth-order valence-corrected chi connectivity index (χ4v) is 2.33. The summed E-state index contributed by atoms with van der Waals surface area (Å²) in [6.07, 6.45) is 0. The van der Waals surface area contributed by atoms with Crippen LogP contribution in [-0.4, -0.2) is 44.9 Å². The highest BCUT2D eigenvalue weighted by Crippen LogP contribution is 2.32. The summed E-state index contributed by atoms with van der Waals surface area (Å²) < 4.78 is 16.2. The van der Waals surface area contributed by atoms with E-state index in [0.717, 1.165) is 18.7 Å². The van der Waals surface area contributed by atoms with E-state index in [-0.39, 0.29) is 6.04 Å². The van der Waals surface area contributed by atoms with E-state index in [1.807, 2.05) is 25.1 Å². The Morgan fingerprint density at radius 3 is 2.70 bits per heavy atom. The van der Waals surface area contributed by atoms with Crippen LogP contribution >= 0.6 is 0 Å². The predicted molar refractivity (Wildman–Crippen MR) is 74.9 cm³/mol. The van der Waals surface area contributed by atoms with Crippen molar-refractivity contribution in [3.8, 4) is 17.6 Å². The second-order valence-electron chi connectivity index (χ2n) is 4.52. The number of nitriles is 1. The van der Waals surface area contributed by atoms with Gasteiger partial charge < -0.3 is 14.2 Å². The lowest BCUT2D eigenvalue weighted by Crippen LogP contribution is -2.38. The molecule has 2 rings (SSSR count). The Hall–Kier alpha value is -1.77. The van der Waals surface area contributed by atoms with Crippen molar-refractivity contribution >= 4 is 0 Å². The number of rotatable bonds is 5. The minimum atomic E-state index is -0.275. The molecular weight excluding hydrogens is 256 g/mol. The van der Waals surface area contributed by atoms with Crippen molar-refractivity contribution in [1.29, 1.82) is 5.26 Å². The second kappa shape index (κ2) is 7.13. The van der Waals surface area contributed by atoms with Gasteiger partial charge >= 0.3 is 0 Å². The van der Waals surface area contributed by atoms with E-state index < -0.39 is 0 Å². The predicted octanol–water partition coefficient (Wildman–Crippen LogP) is 1.99. The number of morpholine rings is 1. The first kappa shape index (κ1) is 14.6. The van der Waals surface area contributed by atoms with Crippen LogP contribution in [0.5, 0.6) is 11.5 Å². The maximum Gasteiger partial charge on any atom is 0.161 e. The Morgan fingerprint density at radius 2 is 2.10 bits per heavy atom. The zero-order chi connectivity index (χ0) is 14.4. The fraction of sp³-hybridized carbons (Fsp3) is 0.533. The van der Waals surface area contributed by atoms with E-state index in [1.54, 1.807) is 7.11 Å². The Bertz CT molecular complexity index is 478. The lowest BCUT2D eigenvalue weighted by Gasteiger charge is -2.30. The summed E-state index contributed by atoms with van der Waals surface area (Å²) in [4.78, 5) is 2.12. The van der Waals surface area contributed by atoms with E-state index in [2.05, 4.69) is 11.0 Å². The number of hydrogen-bond acceptors (Lipinski definition) is 5. The van der Waals surface area contributed by atoms with Crippen molar-refractivity contribution in [3.05, 3.63) is 23.8 Å². The molecule has 0 unspecified atom stereocenters. The Balaban J connectivity index is 2.23. The lowest BCUT2D eigenvalue weighted by atomic mass is 10.1. The van der Waals surface area contributed by atoms with Crippen LogP contribution in [-0.2, 0) is 4.74 Å². The summed E-state index contributed by atoms with van der Waals surface area (Å²) in [7, 11) is 1.61. The molecule has 0 amide bonds. The zero-order valence-corrected chi connectivity index (χ0v) is 12.0. The molecule has 1 saturated heterocycles.